The van der Waals surface area contributed by atoms with E-state index in [1.54, 1.807) is 13.8 Å². The summed E-state index contributed by atoms with van der Waals surface area (Å²) in [6.45, 7) is 5.93. The highest BCUT2D eigenvalue weighted by atomic mass is 32.2. The molecule has 120 valence electrons. The van der Waals surface area contributed by atoms with Crippen molar-refractivity contribution in [1.29, 1.82) is 0 Å². The number of aliphatic hydroxyl groups is 1. The molecule has 0 saturated carbocycles. The standard InChI is InChI=1S/C13H23N3O4S/c1-4-10(9-17)15-13(18)12-7-11(8-14-12)21(19,20)16(5-2)6-3/h7-8,10,14,17H,4-6,9H2,1-3H3,(H,15,18)/t10-/m0/s1. The van der Waals surface area contributed by atoms with Crippen molar-refractivity contribution in [3.8, 4) is 0 Å². The Morgan fingerprint density at radius 3 is 2.48 bits per heavy atom. The minimum Gasteiger partial charge on any atom is -0.394 e. The summed E-state index contributed by atoms with van der Waals surface area (Å²) in [7, 11) is -3.58. The molecule has 21 heavy (non-hydrogen) atoms. The molecule has 7 nitrogen and oxygen atoms in total. The summed E-state index contributed by atoms with van der Waals surface area (Å²) in [6.07, 6.45) is 1.90. The molecule has 0 aliphatic carbocycles. The summed E-state index contributed by atoms with van der Waals surface area (Å²) in [5, 5.41) is 11.7. The SMILES string of the molecule is CC[C@@H](CO)NC(=O)c1cc(S(=O)(=O)N(CC)CC)c[nH]1. The van der Waals surface area contributed by atoms with E-state index >= 15 is 0 Å². The monoisotopic (exact) mass is 317 g/mol. The van der Waals surface area contributed by atoms with Crippen molar-refractivity contribution in [3.63, 3.8) is 0 Å². The molecule has 0 aliphatic rings. The number of nitrogens with one attached hydrogen (secondary N) is 2. The number of nitrogens with zero attached hydrogens (tertiary/aromatic N) is 1. The molecule has 1 rings (SSSR count). The number of rotatable bonds is 8. The van der Waals surface area contributed by atoms with E-state index in [-0.39, 0.29) is 23.2 Å². The lowest BCUT2D eigenvalue weighted by molar-refractivity contribution is 0.0910. The van der Waals surface area contributed by atoms with Crippen LogP contribution >= 0.6 is 0 Å². The first-order chi connectivity index (χ1) is 9.90. The van der Waals surface area contributed by atoms with Crippen LogP contribution in [0, 0.1) is 0 Å². The largest absolute Gasteiger partial charge is 0.394 e. The number of aromatic nitrogens is 1. The molecule has 0 aliphatic heterocycles. The predicted octanol–water partition coefficient (Wildman–Crippen LogP) is 0.546. The normalized spacial score (nSPS) is 13.4. The molecule has 0 radical (unpaired) electrons. The molecular weight excluding hydrogens is 294 g/mol. The van der Waals surface area contributed by atoms with Crippen LogP contribution in [0.5, 0.6) is 0 Å². The van der Waals surface area contributed by atoms with Crippen LogP contribution in [0.3, 0.4) is 0 Å². The fourth-order valence-electron chi connectivity index (χ4n) is 1.91. The first-order valence-corrected chi connectivity index (χ1v) is 8.44. The summed E-state index contributed by atoms with van der Waals surface area (Å²) in [5.74, 6) is -0.433. The lowest BCUT2D eigenvalue weighted by Gasteiger charge is -2.17. The molecule has 8 heteroatoms. The maximum absolute atomic E-state index is 12.3. The van der Waals surface area contributed by atoms with Gasteiger partial charge in [0.25, 0.3) is 5.91 Å². The second-order valence-corrected chi connectivity index (χ2v) is 6.54. The van der Waals surface area contributed by atoms with E-state index in [1.807, 2.05) is 6.92 Å². The zero-order chi connectivity index (χ0) is 16.0. The molecular formula is C13H23N3O4S. The molecule has 1 aromatic rings. The molecule has 0 spiro atoms. The number of carbonyl (C=O) groups is 1. The van der Waals surface area contributed by atoms with Crippen LogP contribution in [0.15, 0.2) is 17.2 Å². The zero-order valence-corrected chi connectivity index (χ0v) is 13.4. The van der Waals surface area contributed by atoms with Gasteiger partial charge in [-0.25, -0.2) is 8.42 Å². The average molecular weight is 317 g/mol. The Labute approximate surface area is 125 Å². The third-order valence-corrected chi connectivity index (χ3v) is 5.32. The Kier molecular flexibility index (Phi) is 6.38. The fraction of sp³-hybridized carbons (Fsp3) is 0.615. The van der Waals surface area contributed by atoms with Gasteiger partial charge < -0.3 is 15.4 Å². The Bertz CT molecular complexity index is 560. The van der Waals surface area contributed by atoms with E-state index in [1.165, 1.54) is 16.6 Å². The highest BCUT2D eigenvalue weighted by Crippen LogP contribution is 2.16. The van der Waals surface area contributed by atoms with Crippen LogP contribution in [0.4, 0.5) is 0 Å². The summed E-state index contributed by atoms with van der Waals surface area (Å²) < 4.78 is 25.9. The van der Waals surface area contributed by atoms with Gasteiger partial charge in [0.1, 0.15) is 10.6 Å². The molecule has 1 aromatic heterocycles. The molecule has 0 aromatic carbocycles. The topological polar surface area (TPSA) is 102 Å². The third kappa shape index (κ3) is 4.05. The van der Waals surface area contributed by atoms with Crippen molar-refractivity contribution in [2.24, 2.45) is 0 Å². The van der Waals surface area contributed by atoms with E-state index in [0.29, 0.717) is 19.5 Å². The van der Waals surface area contributed by atoms with Gasteiger partial charge in [0.2, 0.25) is 10.0 Å². The summed E-state index contributed by atoms with van der Waals surface area (Å²) in [4.78, 5) is 14.7. The molecule has 0 bridgehead atoms. The summed E-state index contributed by atoms with van der Waals surface area (Å²) >= 11 is 0. The van der Waals surface area contributed by atoms with Gasteiger partial charge in [0.15, 0.2) is 0 Å². The second-order valence-electron chi connectivity index (χ2n) is 4.60. The van der Waals surface area contributed by atoms with E-state index in [9.17, 15) is 13.2 Å². The lowest BCUT2D eigenvalue weighted by Crippen LogP contribution is -2.37. The number of hydrogen-bond donors (Lipinski definition) is 3. The van der Waals surface area contributed by atoms with Crippen molar-refractivity contribution in [2.75, 3.05) is 19.7 Å². The van der Waals surface area contributed by atoms with Crippen molar-refractivity contribution in [3.05, 3.63) is 18.0 Å². The first-order valence-electron chi connectivity index (χ1n) is 7.00. The van der Waals surface area contributed by atoms with Gasteiger partial charge in [-0.15, -0.1) is 0 Å². The van der Waals surface area contributed by atoms with E-state index < -0.39 is 15.9 Å². The number of aliphatic hydroxyl groups excluding tert-OH is 1. The fourth-order valence-corrected chi connectivity index (χ4v) is 3.36. The molecule has 1 amide bonds. The second kappa shape index (κ2) is 7.58. The minimum atomic E-state index is -3.58. The van der Waals surface area contributed by atoms with Crippen LogP contribution in [0.25, 0.3) is 0 Å². The van der Waals surface area contributed by atoms with Crippen molar-refractivity contribution >= 4 is 15.9 Å². The Hall–Kier alpha value is -1.38. The number of sulfonamides is 1. The third-order valence-electron chi connectivity index (χ3n) is 3.29. The lowest BCUT2D eigenvalue weighted by atomic mass is 10.2. The van der Waals surface area contributed by atoms with Crippen molar-refractivity contribution in [1.82, 2.24) is 14.6 Å². The van der Waals surface area contributed by atoms with Crippen LogP contribution in [0.1, 0.15) is 37.7 Å². The van der Waals surface area contributed by atoms with E-state index in [4.69, 9.17) is 5.11 Å². The van der Waals surface area contributed by atoms with Crippen molar-refractivity contribution < 1.29 is 18.3 Å². The van der Waals surface area contributed by atoms with Gasteiger partial charge in [-0.2, -0.15) is 4.31 Å². The number of hydrogen-bond acceptors (Lipinski definition) is 4. The summed E-state index contributed by atoms with van der Waals surface area (Å²) in [5.41, 5.74) is 0.160. The number of H-pyrrole nitrogens is 1. The average Bonchev–Trinajstić information content (AvgIpc) is 2.96. The van der Waals surface area contributed by atoms with Crippen LogP contribution in [-0.4, -0.2) is 54.5 Å². The maximum atomic E-state index is 12.3. The number of aromatic amines is 1. The van der Waals surface area contributed by atoms with Crippen LogP contribution in [-0.2, 0) is 10.0 Å². The smallest absolute Gasteiger partial charge is 0.268 e. The molecule has 1 atom stereocenters. The van der Waals surface area contributed by atoms with Gasteiger partial charge in [0.05, 0.1) is 12.6 Å². The Balaban J connectivity index is 2.93. The molecule has 1 heterocycles. The number of carbonyl (C=O) groups excluding carboxylic acids is 1. The van der Waals surface area contributed by atoms with Gasteiger partial charge in [0, 0.05) is 19.3 Å². The number of amides is 1. The highest BCUT2D eigenvalue weighted by molar-refractivity contribution is 7.89. The zero-order valence-electron chi connectivity index (χ0n) is 12.6. The molecule has 3 N–H and O–H groups in total. The highest BCUT2D eigenvalue weighted by Gasteiger charge is 2.24. The maximum Gasteiger partial charge on any atom is 0.268 e. The Morgan fingerprint density at radius 1 is 1.38 bits per heavy atom. The summed E-state index contributed by atoms with van der Waals surface area (Å²) in [6, 6.07) is 0.969. The molecule has 0 unspecified atom stereocenters. The van der Waals surface area contributed by atoms with E-state index in [0.717, 1.165) is 0 Å². The minimum absolute atomic E-state index is 0.0633. The van der Waals surface area contributed by atoms with Crippen LogP contribution in [0.2, 0.25) is 0 Å². The van der Waals surface area contributed by atoms with Gasteiger partial charge >= 0.3 is 0 Å². The van der Waals surface area contributed by atoms with Crippen molar-refractivity contribution in [2.45, 2.75) is 38.1 Å². The first kappa shape index (κ1) is 17.7. The van der Waals surface area contributed by atoms with Gasteiger partial charge in [-0.1, -0.05) is 20.8 Å². The predicted molar refractivity (Wildman–Crippen MR) is 79.5 cm³/mol. The van der Waals surface area contributed by atoms with Gasteiger partial charge in [-0.3, -0.25) is 4.79 Å². The van der Waals surface area contributed by atoms with Gasteiger partial charge in [-0.05, 0) is 12.5 Å². The molecule has 0 fully saturated rings. The quantitative estimate of drug-likeness (QED) is 0.651. The van der Waals surface area contributed by atoms with Crippen LogP contribution < -0.4 is 5.32 Å². The Morgan fingerprint density at radius 2 is 2.00 bits per heavy atom. The van der Waals surface area contributed by atoms with E-state index in [2.05, 4.69) is 10.3 Å². The molecule has 0 saturated heterocycles.